The van der Waals surface area contributed by atoms with Crippen molar-refractivity contribution in [3.63, 3.8) is 0 Å². The van der Waals surface area contributed by atoms with Crippen LogP contribution in [0.1, 0.15) is 5.89 Å². The molecule has 0 bridgehead atoms. The van der Waals surface area contributed by atoms with Gasteiger partial charge in [-0.05, 0) is 24.3 Å². The molecule has 0 saturated carbocycles. The van der Waals surface area contributed by atoms with E-state index in [1.165, 1.54) is 0 Å². The third-order valence-corrected chi connectivity index (χ3v) is 3.29. The molecule has 0 unspecified atom stereocenters. The van der Waals surface area contributed by atoms with Crippen LogP contribution < -0.4 is 10.1 Å². The van der Waals surface area contributed by atoms with Gasteiger partial charge in [0.15, 0.2) is 18.1 Å². The zero-order chi connectivity index (χ0) is 15.5. The molecule has 6 heteroatoms. The maximum atomic E-state index is 11.9. The molecule has 3 rings (SSSR count). The molecule has 1 N–H and O–H groups in total. The predicted octanol–water partition coefficient (Wildman–Crippen LogP) is 3.81. The third-order valence-electron chi connectivity index (χ3n) is 2.97. The van der Waals surface area contributed by atoms with Gasteiger partial charge in [-0.3, -0.25) is 4.79 Å². The number of amides is 1. The van der Waals surface area contributed by atoms with Crippen LogP contribution in [0.4, 0.5) is 5.69 Å². The van der Waals surface area contributed by atoms with Crippen molar-refractivity contribution in [1.29, 1.82) is 0 Å². The molecule has 0 atom stereocenters. The number of rotatable bonds is 4. The van der Waals surface area contributed by atoms with Gasteiger partial charge in [0.2, 0.25) is 0 Å². The smallest absolute Gasteiger partial charge is 0.262 e. The van der Waals surface area contributed by atoms with Crippen molar-refractivity contribution < 1.29 is 13.9 Å². The number of ether oxygens (including phenoxy) is 1. The fourth-order valence-electron chi connectivity index (χ4n) is 2.02. The summed E-state index contributed by atoms with van der Waals surface area (Å²) >= 11 is 5.96. The summed E-state index contributed by atoms with van der Waals surface area (Å²) in [5.74, 6) is 0.775. The van der Waals surface area contributed by atoms with Gasteiger partial charge in [0.25, 0.3) is 5.91 Å². The first kappa shape index (κ1) is 14.4. The van der Waals surface area contributed by atoms with E-state index in [0.29, 0.717) is 27.9 Å². The summed E-state index contributed by atoms with van der Waals surface area (Å²) in [6, 6.07) is 12.3. The zero-order valence-electron chi connectivity index (χ0n) is 11.8. The third kappa shape index (κ3) is 3.20. The van der Waals surface area contributed by atoms with Crippen molar-refractivity contribution in [2.75, 3.05) is 11.9 Å². The molecular formula is C16H13ClN2O3. The van der Waals surface area contributed by atoms with Crippen LogP contribution >= 0.6 is 11.6 Å². The second kappa shape index (κ2) is 6.07. The number of fused-ring (bicyclic) bond motifs is 1. The van der Waals surface area contributed by atoms with Gasteiger partial charge in [0, 0.05) is 18.7 Å². The summed E-state index contributed by atoms with van der Waals surface area (Å²) in [6.07, 6.45) is 0. The van der Waals surface area contributed by atoms with Gasteiger partial charge >= 0.3 is 0 Å². The number of benzene rings is 2. The van der Waals surface area contributed by atoms with Crippen LogP contribution in [-0.2, 0) is 4.79 Å². The lowest BCUT2D eigenvalue weighted by atomic mass is 10.3. The Labute approximate surface area is 131 Å². The summed E-state index contributed by atoms with van der Waals surface area (Å²) in [5.41, 5.74) is 2.00. The van der Waals surface area contributed by atoms with Gasteiger partial charge in [-0.15, -0.1) is 0 Å². The highest BCUT2D eigenvalue weighted by Gasteiger charge is 2.08. The molecule has 22 heavy (non-hydrogen) atoms. The van der Waals surface area contributed by atoms with Gasteiger partial charge < -0.3 is 14.5 Å². The number of aryl methyl sites for hydroxylation is 1. The molecule has 0 fully saturated rings. The average molecular weight is 317 g/mol. The minimum Gasteiger partial charge on any atom is -0.482 e. The summed E-state index contributed by atoms with van der Waals surface area (Å²) < 4.78 is 10.8. The van der Waals surface area contributed by atoms with E-state index in [0.717, 1.165) is 5.52 Å². The molecule has 1 heterocycles. The fourth-order valence-corrected chi connectivity index (χ4v) is 2.21. The first-order valence-corrected chi connectivity index (χ1v) is 7.04. The van der Waals surface area contributed by atoms with Crippen LogP contribution in [0, 0.1) is 6.92 Å². The Bertz CT molecular complexity index is 829. The Morgan fingerprint density at radius 1 is 1.32 bits per heavy atom. The largest absolute Gasteiger partial charge is 0.482 e. The second-order valence-electron chi connectivity index (χ2n) is 4.68. The van der Waals surface area contributed by atoms with E-state index in [2.05, 4.69) is 10.3 Å². The lowest BCUT2D eigenvalue weighted by Crippen LogP contribution is -2.20. The van der Waals surface area contributed by atoms with Crippen molar-refractivity contribution in [2.45, 2.75) is 6.92 Å². The molecule has 0 radical (unpaired) electrons. The number of halogens is 1. The van der Waals surface area contributed by atoms with E-state index >= 15 is 0 Å². The Morgan fingerprint density at radius 2 is 2.14 bits per heavy atom. The van der Waals surface area contributed by atoms with E-state index in [4.69, 9.17) is 20.8 Å². The van der Waals surface area contributed by atoms with Crippen molar-refractivity contribution in [1.82, 2.24) is 4.98 Å². The van der Waals surface area contributed by atoms with Crippen LogP contribution in [0.15, 0.2) is 46.9 Å². The topological polar surface area (TPSA) is 64.4 Å². The maximum Gasteiger partial charge on any atom is 0.262 e. The van der Waals surface area contributed by atoms with Crippen LogP contribution in [0.5, 0.6) is 5.75 Å². The van der Waals surface area contributed by atoms with E-state index in [-0.39, 0.29) is 12.5 Å². The Morgan fingerprint density at radius 3 is 2.95 bits per heavy atom. The average Bonchev–Trinajstić information content (AvgIpc) is 2.86. The summed E-state index contributed by atoms with van der Waals surface area (Å²) in [7, 11) is 0. The summed E-state index contributed by atoms with van der Waals surface area (Å²) in [4.78, 5) is 16.1. The van der Waals surface area contributed by atoms with Gasteiger partial charge in [-0.2, -0.15) is 0 Å². The van der Waals surface area contributed by atoms with E-state index in [9.17, 15) is 4.79 Å². The predicted molar refractivity (Wildman–Crippen MR) is 84.3 cm³/mol. The van der Waals surface area contributed by atoms with Crippen LogP contribution in [0.25, 0.3) is 11.1 Å². The number of oxazole rings is 1. The lowest BCUT2D eigenvalue weighted by molar-refractivity contribution is -0.118. The number of hydrogen-bond acceptors (Lipinski definition) is 4. The zero-order valence-corrected chi connectivity index (χ0v) is 12.6. The van der Waals surface area contributed by atoms with Crippen LogP contribution in [0.2, 0.25) is 5.02 Å². The second-order valence-corrected chi connectivity index (χ2v) is 5.09. The number of anilines is 1. The number of hydrogen-bond donors (Lipinski definition) is 1. The van der Waals surface area contributed by atoms with E-state index < -0.39 is 0 Å². The molecule has 1 aromatic heterocycles. The highest BCUT2D eigenvalue weighted by Crippen LogP contribution is 2.23. The minimum atomic E-state index is -0.282. The number of carbonyl (C=O) groups excluding carboxylic acids is 1. The molecule has 0 aliphatic carbocycles. The molecule has 0 saturated heterocycles. The fraction of sp³-hybridized carbons (Fsp3) is 0.125. The van der Waals surface area contributed by atoms with E-state index in [1.54, 1.807) is 49.4 Å². The molecule has 5 nitrogen and oxygen atoms in total. The number of nitrogens with one attached hydrogen (secondary N) is 1. The van der Waals surface area contributed by atoms with Crippen LogP contribution in [-0.4, -0.2) is 17.5 Å². The van der Waals surface area contributed by atoms with Crippen molar-refractivity contribution in [3.05, 3.63) is 53.4 Å². The normalized spacial score (nSPS) is 10.6. The first-order valence-electron chi connectivity index (χ1n) is 6.66. The molecule has 3 aromatic rings. The molecular weight excluding hydrogens is 304 g/mol. The van der Waals surface area contributed by atoms with Crippen molar-refractivity contribution in [2.24, 2.45) is 0 Å². The molecule has 0 aliphatic rings. The lowest BCUT2D eigenvalue weighted by Gasteiger charge is -2.08. The maximum absolute atomic E-state index is 11.9. The van der Waals surface area contributed by atoms with Crippen molar-refractivity contribution >= 4 is 34.3 Å². The Kier molecular flexibility index (Phi) is 3.98. The van der Waals surface area contributed by atoms with Crippen LogP contribution in [0.3, 0.4) is 0 Å². The van der Waals surface area contributed by atoms with Crippen molar-refractivity contribution in [3.8, 4) is 5.75 Å². The van der Waals surface area contributed by atoms with E-state index in [1.807, 2.05) is 0 Å². The standard InChI is InChI=1S/C16H13ClN2O3/c1-10-18-13-7-6-11(8-15(13)22-10)19-16(20)9-21-14-5-3-2-4-12(14)17/h2-8H,9H2,1H3,(H,19,20). The number of aromatic nitrogens is 1. The summed E-state index contributed by atoms with van der Waals surface area (Å²) in [5, 5.41) is 3.20. The number of carbonyl (C=O) groups is 1. The molecule has 2 aromatic carbocycles. The molecule has 0 aliphatic heterocycles. The minimum absolute atomic E-state index is 0.128. The van der Waals surface area contributed by atoms with Gasteiger partial charge in [-0.1, -0.05) is 23.7 Å². The van der Waals surface area contributed by atoms with Gasteiger partial charge in [-0.25, -0.2) is 4.98 Å². The highest BCUT2D eigenvalue weighted by atomic mass is 35.5. The number of nitrogens with zero attached hydrogens (tertiary/aromatic N) is 1. The van der Waals surface area contributed by atoms with Gasteiger partial charge in [0.05, 0.1) is 5.02 Å². The Balaban J connectivity index is 1.64. The molecule has 0 spiro atoms. The molecule has 112 valence electrons. The SMILES string of the molecule is Cc1nc2ccc(NC(=O)COc3ccccc3Cl)cc2o1. The first-order chi connectivity index (χ1) is 10.6. The van der Waals surface area contributed by atoms with Gasteiger partial charge in [0.1, 0.15) is 11.3 Å². The summed E-state index contributed by atoms with van der Waals surface area (Å²) in [6.45, 7) is 1.65. The quantitative estimate of drug-likeness (QED) is 0.795. The Hall–Kier alpha value is -2.53. The monoisotopic (exact) mass is 316 g/mol. The highest BCUT2D eigenvalue weighted by molar-refractivity contribution is 6.32. The molecule has 1 amide bonds. The number of para-hydroxylation sites is 1.